The summed E-state index contributed by atoms with van der Waals surface area (Å²) in [4.78, 5) is 0. The summed E-state index contributed by atoms with van der Waals surface area (Å²) in [6.07, 6.45) is 2.57. The first-order valence-corrected chi connectivity index (χ1v) is 10.3. The molecule has 0 atom stereocenters. The molecule has 5 aromatic rings. The number of nitrogens with zero attached hydrogens (tertiary/aromatic N) is 1. The third kappa shape index (κ3) is 3.34. The van der Waals surface area contributed by atoms with Crippen LogP contribution in [0.5, 0.6) is 17.2 Å². The summed E-state index contributed by atoms with van der Waals surface area (Å²) in [6.45, 7) is 3.93. The van der Waals surface area contributed by atoms with Crippen molar-refractivity contribution in [2.75, 3.05) is 7.11 Å². The molecular formula is C28H23NO2. The zero-order chi connectivity index (χ0) is 21.2. The lowest BCUT2D eigenvalue weighted by atomic mass is 10.1. The van der Waals surface area contributed by atoms with Crippen LogP contribution >= 0.6 is 0 Å². The Hall–Kier alpha value is -3.98. The fraction of sp³-hybridized carbons (Fsp3) is 0.0714. The standard InChI is InChI=1S/C28H23NO2/c1-3-11-20-18-21(19-27(28(20)30-2)31-22-12-5-4-6-13-22)29-25-16-9-7-14-23(25)24-15-8-10-17-26(24)29/h3-10,12-19H,1,11H2,2H3. The van der Waals surface area contributed by atoms with Gasteiger partial charge in [-0.3, -0.25) is 0 Å². The Balaban J connectivity index is 1.79. The Morgan fingerprint density at radius 2 is 1.42 bits per heavy atom. The van der Waals surface area contributed by atoms with E-state index in [4.69, 9.17) is 9.47 Å². The monoisotopic (exact) mass is 405 g/mol. The van der Waals surface area contributed by atoms with Crippen molar-refractivity contribution >= 4 is 21.8 Å². The summed E-state index contributed by atoms with van der Waals surface area (Å²) in [5.74, 6) is 2.18. The zero-order valence-corrected chi connectivity index (χ0v) is 17.4. The van der Waals surface area contributed by atoms with E-state index in [1.54, 1.807) is 7.11 Å². The van der Waals surface area contributed by atoms with Crippen LogP contribution in [0.25, 0.3) is 27.5 Å². The molecular weight excluding hydrogens is 382 g/mol. The number of ether oxygens (including phenoxy) is 2. The molecule has 0 saturated carbocycles. The van der Waals surface area contributed by atoms with Gasteiger partial charge in [0.25, 0.3) is 0 Å². The fourth-order valence-corrected chi connectivity index (χ4v) is 4.20. The molecule has 0 saturated heterocycles. The number of methoxy groups -OCH3 is 1. The predicted molar refractivity (Wildman–Crippen MR) is 128 cm³/mol. The van der Waals surface area contributed by atoms with E-state index in [0.29, 0.717) is 12.2 Å². The third-order valence-electron chi connectivity index (χ3n) is 5.49. The molecule has 0 aliphatic rings. The van der Waals surface area contributed by atoms with Gasteiger partial charge in [-0.1, -0.05) is 60.7 Å². The molecule has 0 fully saturated rings. The molecule has 152 valence electrons. The molecule has 1 aromatic heterocycles. The van der Waals surface area contributed by atoms with Crippen molar-refractivity contribution in [3.63, 3.8) is 0 Å². The second-order valence-electron chi connectivity index (χ2n) is 7.41. The van der Waals surface area contributed by atoms with Gasteiger partial charge in [-0.05, 0) is 36.8 Å². The third-order valence-corrected chi connectivity index (χ3v) is 5.49. The molecule has 0 unspecified atom stereocenters. The summed E-state index contributed by atoms with van der Waals surface area (Å²) in [5.41, 5.74) is 4.37. The molecule has 0 aliphatic heterocycles. The van der Waals surface area contributed by atoms with Crippen molar-refractivity contribution in [1.82, 2.24) is 4.57 Å². The van der Waals surface area contributed by atoms with Gasteiger partial charge < -0.3 is 14.0 Å². The Morgan fingerprint density at radius 3 is 2.03 bits per heavy atom. The molecule has 0 bridgehead atoms. The molecule has 3 nitrogen and oxygen atoms in total. The normalized spacial score (nSPS) is 11.0. The van der Waals surface area contributed by atoms with Crippen molar-refractivity contribution in [2.24, 2.45) is 0 Å². The molecule has 3 heteroatoms. The van der Waals surface area contributed by atoms with Crippen molar-refractivity contribution in [3.8, 4) is 22.9 Å². The van der Waals surface area contributed by atoms with Crippen LogP contribution in [0.2, 0.25) is 0 Å². The summed E-state index contributed by atoms with van der Waals surface area (Å²) < 4.78 is 14.3. The Labute approximate surface area is 181 Å². The number of aromatic nitrogens is 1. The van der Waals surface area contributed by atoms with Crippen molar-refractivity contribution in [2.45, 2.75) is 6.42 Å². The van der Waals surface area contributed by atoms with Gasteiger partial charge in [0.05, 0.1) is 23.8 Å². The van der Waals surface area contributed by atoms with E-state index in [9.17, 15) is 0 Å². The van der Waals surface area contributed by atoms with Gasteiger partial charge in [-0.2, -0.15) is 0 Å². The molecule has 0 radical (unpaired) electrons. The number of hydrogen-bond acceptors (Lipinski definition) is 2. The topological polar surface area (TPSA) is 23.4 Å². The minimum Gasteiger partial charge on any atom is -0.493 e. The number of rotatable bonds is 6. The highest BCUT2D eigenvalue weighted by Gasteiger charge is 2.17. The van der Waals surface area contributed by atoms with Crippen LogP contribution in [0.4, 0.5) is 0 Å². The van der Waals surface area contributed by atoms with E-state index in [-0.39, 0.29) is 0 Å². The van der Waals surface area contributed by atoms with Gasteiger partial charge in [0.1, 0.15) is 5.75 Å². The van der Waals surface area contributed by atoms with E-state index < -0.39 is 0 Å². The maximum absolute atomic E-state index is 6.28. The maximum atomic E-state index is 6.28. The van der Waals surface area contributed by atoms with Gasteiger partial charge >= 0.3 is 0 Å². The first kappa shape index (κ1) is 19.0. The molecule has 5 rings (SSSR count). The van der Waals surface area contributed by atoms with Gasteiger partial charge in [-0.25, -0.2) is 0 Å². The minimum absolute atomic E-state index is 0.680. The van der Waals surface area contributed by atoms with Crippen LogP contribution in [-0.2, 0) is 6.42 Å². The van der Waals surface area contributed by atoms with Gasteiger partial charge in [0.15, 0.2) is 11.5 Å². The second-order valence-corrected chi connectivity index (χ2v) is 7.41. The minimum atomic E-state index is 0.680. The van der Waals surface area contributed by atoms with Crippen LogP contribution in [0.1, 0.15) is 5.56 Å². The lowest BCUT2D eigenvalue weighted by Crippen LogP contribution is -2.01. The first-order chi connectivity index (χ1) is 15.3. The summed E-state index contributed by atoms with van der Waals surface area (Å²) >= 11 is 0. The highest BCUT2D eigenvalue weighted by Crippen LogP contribution is 2.40. The maximum Gasteiger partial charge on any atom is 0.171 e. The largest absolute Gasteiger partial charge is 0.493 e. The average Bonchev–Trinajstić information content (AvgIpc) is 3.14. The zero-order valence-electron chi connectivity index (χ0n) is 17.4. The van der Waals surface area contributed by atoms with E-state index >= 15 is 0 Å². The van der Waals surface area contributed by atoms with Crippen LogP contribution in [0.15, 0.2) is 104 Å². The van der Waals surface area contributed by atoms with E-state index in [0.717, 1.165) is 33.8 Å². The van der Waals surface area contributed by atoms with Gasteiger partial charge in [0, 0.05) is 22.4 Å². The lowest BCUT2D eigenvalue weighted by Gasteiger charge is -2.17. The van der Waals surface area contributed by atoms with Crippen LogP contribution < -0.4 is 9.47 Å². The number of hydrogen-bond donors (Lipinski definition) is 0. The Kier molecular flexibility index (Phi) is 4.93. The highest BCUT2D eigenvalue weighted by atomic mass is 16.5. The molecule has 31 heavy (non-hydrogen) atoms. The van der Waals surface area contributed by atoms with Gasteiger partial charge in [-0.15, -0.1) is 6.58 Å². The van der Waals surface area contributed by atoms with E-state index in [1.807, 2.05) is 36.4 Å². The summed E-state index contributed by atoms with van der Waals surface area (Å²) in [7, 11) is 1.68. The van der Waals surface area contributed by atoms with Crippen molar-refractivity contribution in [3.05, 3.63) is 109 Å². The van der Waals surface area contributed by atoms with E-state index in [2.05, 4.69) is 71.8 Å². The number of allylic oxidation sites excluding steroid dienone is 1. The number of fused-ring (bicyclic) bond motifs is 3. The molecule has 0 spiro atoms. The average molecular weight is 405 g/mol. The fourth-order valence-electron chi connectivity index (χ4n) is 4.20. The second kappa shape index (κ2) is 8.04. The highest BCUT2D eigenvalue weighted by molar-refractivity contribution is 6.09. The van der Waals surface area contributed by atoms with Crippen LogP contribution in [-0.4, -0.2) is 11.7 Å². The van der Waals surface area contributed by atoms with Crippen LogP contribution in [0.3, 0.4) is 0 Å². The van der Waals surface area contributed by atoms with Crippen molar-refractivity contribution in [1.29, 1.82) is 0 Å². The van der Waals surface area contributed by atoms with E-state index in [1.165, 1.54) is 10.8 Å². The van der Waals surface area contributed by atoms with Crippen molar-refractivity contribution < 1.29 is 9.47 Å². The predicted octanol–water partition coefficient (Wildman–Crippen LogP) is 7.31. The lowest BCUT2D eigenvalue weighted by molar-refractivity contribution is 0.375. The number of benzene rings is 4. The molecule has 1 heterocycles. The molecule has 0 aliphatic carbocycles. The quantitative estimate of drug-likeness (QED) is 0.276. The first-order valence-electron chi connectivity index (χ1n) is 10.3. The van der Waals surface area contributed by atoms with Gasteiger partial charge in [0.2, 0.25) is 0 Å². The molecule has 0 amide bonds. The smallest absolute Gasteiger partial charge is 0.171 e. The molecule has 4 aromatic carbocycles. The molecule has 0 N–H and O–H groups in total. The van der Waals surface area contributed by atoms with Crippen LogP contribution in [0, 0.1) is 0 Å². The summed E-state index contributed by atoms with van der Waals surface area (Å²) in [5, 5.41) is 2.45. The summed E-state index contributed by atoms with van der Waals surface area (Å²) in [6, 6.07) is 31.0. The Morgan fingerprint density at radius 1 is 0.806 bits per heavy atom. The SMILES string of the molecule is C=CCc1cc(-n2c3ccccc3c3ccccc32)cc(Oc2ccccc2)c1OC. The number of para-hydroxylation sites is 3. The Bertz CT molecular complexity index is 1330.